The predicted molar refractivity (Wildman–Crippen MR) is 111 cm³/mol. The average Bonchev–Trinajstić information content (AvgIpc) is 3.37. The Morgan fingerprint density at radius 3 is 2.71 bits per heavy atom. The summed E-state index contributed by atoms with van der Waals surface area (Å²) in [4.78, 5) is 16.7. The summed E-state index contributed by atoms with van der Waals surface area (Å²) in [5.74, 6) is 0.219. The van der Waals surface area contributed by atoms with E-state index < -0.39 is 15.8 Å². The Morgan fingerprint density at radius 2 is 1.94 bits per heavy atom. The van der Waals surface area contributed by atoms with E-state index in [9.17, 15) is 13.2 Å². The van der Waals surface area contributed by atoms with Crippen LogP contribution in [0.4, 0.5) is 0 Å². The molecule has 2 aromatic carbocycles. The van der Waals surface area contributed by atoms with E-state index in [0.717, 1.165) is 5.56 Å². The molecule has 0 saturated heterocycles. The van der Waals surface area contributed by atoms with E-state index in [0.29, 0.717) is 43.2 Å². The van der Waals surface area contributed by atoms with Crippen molar-refractivity contribution >= 4 is 21.1 Å². The summed E-state index contributed by atoms with van der Waals surface area (Å²) in [7, 11) is -3.74. The molecule has 0 fully saturated rings. The van der Waals surface area contributed by atoms with E-state index >= 15 is 0 Å². The number of aryl methyl sites for hydroxylation is 1. The first-order valence-corrected chi connectivity index (χ1v) is 11.4. The molecule has 160 valence electrons. The van der Waals surface area contributed by atoms with Gasteiger partial charge in [0.2, 0.25) is 15.9 Å². The quantitative estimate of drug-likeness (QED) is 0.468. The number of fused-ring (bicyclic) bond motifs is 2. The topological polar surface area (TPSA) is 111 Å². The van der Waals surface area contributed by atoms with Gasteiger partial charge in [-0.05, 0) is 29.7 Å². The van der Waals surface area contributed by atoms with E-state index in [1.165, 1.54) is 26.6 Å². The van der Waals surface area contributed by atoms with Gasteiger partial charge in [-0.2, -0.15) is 9.29 Å². The lowest BCUT2D eigenvalue weighted by Gasteiger charge is -2.28. The van der Waals surface area contributed by atoms with Gasteiger partial charge in [0.05, 0.1) is 17.0 Å². The summed E-state index contributed by atoms with van der Waals surface area (Å²) in [6.45, 7) is 2.68. The summed E-state index contributed by atoms with van der Waals surface area (Å²) in [6, 6.07) is 12.3. The highest BCUT2D eigenvalue weighted by molar-refractivity contribution is 7.89. The van der Waals surface area contributed by atoms with Crippen molar-refractivity contribution in [2.45, 2.75) is 37.8 Å². The smallest absolute Gasteiger partial charge is 0.408 e. The van der Waals surface area contributed by atoms with Crippen LogP contribution in [-0.2, 0) is 36.0 Å². The molecule has 0 aliphatic carbocycles. The van der Waals surface area contributed by atoms with E-state index in [1.54, 1.807) is 6.07 Å². The largest absolute Gasteiger partial charge is 0.420 e. The van der Waals surface area contributed by atoms with Crippen LogP contribution in [0, 0.1) is 0 Å². The molecule has 0 saturated carbocycles. The van der Waals surface area contributed by atoms with Gasteiger partial charge in [0.1, 0.15) is 0 Å². The highest BCUT2D eigenvalue weighted by Crippen LogP contribution is 2.27. The molecule has 9 nitrogen and oxygen atoms in total. The number of hydrogen-bond donors (Lipinski definition) is 0. The standard InChI is InChI=1S/C21H20N4O5S/c1-2-20-22-19(23-30-20)13-25-17-8-7-16(11-18(17)29-21(25)26)31(27,28)24-10-9-14-5-3-4-6-15(14)12-24/h3-8,11H,2,9-10,12-13H2,1H3. The van der Waals surface area contributed by atoms with Crippen molar-refractivity contribution in [1.29, 1.82) is 0 Å². The van der Waals surface area contributed by atoms with Gasteiger partial charge in [-0.25, -0.2) is 13.2 Å². The van der Waals surface area contributed by atoms with Crippen LogP contribution in [0.25, 0.3) is 11.1 Å². The van der Waals surface area contributed by atoms with Gasteiger partial charge in [0.25, 0.3) is 0 Å². The number of benzene rings is 2. The van der Waals surface area contributed by atoms with Crippen molar-refractivity contribution in [3.8, 4) is 0 Å². The van der Waals surface area contributed by atoms with Crippen LogP contribution in [0.1, 0.15) is 29.8 Å². The zero-order chi connectivity index (χ0) is 21.6. The van der Waals surface area contributed by atoms with Gasteiger partial charge >= 0.3 is 5.76 Å². The zero-order valence-corrected chi connectivity index (χ0v) is 17.6. The van der Waals surface area contributed by atoms with Crippen LogP contribution in [0.15, 0.2) is 61.1 Å². The third kappa shape index (κ3) is 3.47. The Labute approximate surface area is 178 Å². The van der Waals surface area contributed by atoms with Crippen molar-refractivity contribution in [1.82, 2.24) is 19.0 Å². The molecule has 1 aliphatic rings. The first-order valence-electron chi connectivity index (χ1n) is 9.97. The molecule has 4 aromatic rings. The molecule has 5 rings (SSSR count). The van der Waals surface area contributed by atoms with Gasteiger partial charge < -0.3 is 8.94 Å². The highest BCUT2D eigenvalue weighted by atomic mass is 32.2. The normalized spacial score (nSPS) is 14.7. The minimum Gasteiger partial charge on any atom is -0.408 e. The minimum absolute atomic E-state index is 0.0737. The van der Waals surface area contributed by atoms with E-state index in [-0.39, 0.29) is 17.0 Å². The fourth-order valence-corrected chi connectivity index (χ4v) is 5.26. The van der Waals surface area contributed by atoms with Gasteiger partial charge in [0, 0.05) is 25.6 Å². The van der Waals surface area contributed by atoms with Crippen LogP contribution in [0.2, 0.25) is 0 Å². The molecule has 10 heteroatoms. The fourth-order valence-electron chi connectivity index (χ4n) is 3.82. The molecular formula is C21H20N4O5S. The van der Waals surface area contributed by atoms with E-state index in [1.807, 2.05) is 31.2 Å². The summed E-state index contributed by atoms with van der Waals surface area (Å²) in [6.07, 6.45) is 1.25. The summed E-state index contributed by atoms with van der Waals surface area (Å²) in [5, 5.41) is 3.86. The highest BCUT2D eigenvalue weighted by Gasteiger charge is 2.29. The maximum atomic E-state index is 13.2. The molecule has 3 heterocycles. The number of nitrogens with zero attached hydrogens (tertiary/aromatic N) is 4. The lowest BCUT2D eigenvalue weighted by molar-refractivity contribution is 0.375. The lowest BCUT2D eigenvalue weighted by atomic mass is 10.0. The molecule has 1 aliphatic heterocycles. The summed E-state index contributed by atoms with van der Waals surface area (Å²) >= 11 is 0. The average molecular weight is 440 g/mol. The van der Waals surface area contributed by atoms with Crippen LogP contribution in [0.5, 0.6) is 0 Å². The van der Waals surface area contributed by atoms with E-state index in [4.69, 9.17) is 8.94 Å². The molecule has 0 amide bonds. The fraction of sp³-hybridized carbons (Fsp3) is 0.286. The SMILES string of the molecule is CCc1nc(Cn2c(=O)oc3cc(S(=O)(=O)N4CCc5ccccc5C4)ccc32)no1. The second kappa shape index (κ2) is 7.47. The van der Waals surface area contributed by atoms with Crippen molar-refractivity contribution in [3.63, 3.8) is 0 Å². The van der Waals surface area contributed by atoms with Gasteiger partial charge in [-0.15, -0.1) is 0 Å². The molecule has 0 N–H and O–H groups in total. The number of hydrogen-bond acceptors (Lipinski definition) is 7. The summed E-state index contributed by atoms with van der Waals surface area (Å²) < 4.78 is 39.7. The van der Waals surface area contributed by atoms with Crippen LogP contribution < -0.4 is 5.76 Å². The second-order valence-electron chi connectivity index (χ2n) is 7.40. The predicted octanol–water partition coefficient (Wildman–Crippen LogP) is 2.34. The molecule has 31 heavy (non-hydrogen) atoms. The van der Waals surface area contributed by atoms with Crippen molar-refractivity contribution in [3.05, 3.63) is 75.9 Å². The van der Waals surface area contributed by atoms with Crippen molar-refractivity contribution in [2.24, 2.45) is 0 Å². The van der Waals surface area contributed by atoms with Crippen LogP contribution in [0.3, 0.4) is 0 Å². The zero-order valence-electron chi connectivity index (χ0n) is 16.8. The Kier molecular flexibility index (Phi) is 4.75. The molecular weight excluding hydrogens is 420 g/mol. The Balaban J connectivity index is 1.47. The Morgan fingerprint density at radius 1 is 1.13 bits per heavy atom. The molecule has 0 bridgehead atoms. The second-order valence-corrected chi connectivity index (χ2v) is 9.34. The number of aromatic nitrogens is 3. The first kappa shape index (κ1) is 19.7. The lowest BCUT2D eigenvalue weighted by Crippen LogP contribution is -2.35. The first-order chi connectivity index (χ1) is 15.0. The van der Waals surface area contributed by atoms with Crippen molar-refractivity contribution in [2.75, 3.05) is 6.54 Å². The van der Waals surface area contributed by atoms with Crippen molar-refractivity contribution < 1.29 is 17.4 Å². The molecule has 0 spiro atoms. The maximum Gasteiger partial charge on any atom is 0.420 e. The van der Waals surface area contributed by atoms with Gasteiger partial charge in [-0.3, -0.25) is 4.57 Å². The molecule has 0 radical (unpaired) electrons. The Bertz CT molecular complexity index is 1430. The monoisotopic (exact) mass is 440 g/mol. The van der Waals surface area contributed by atoms with Crippen LogP contribution in [-0.4, -0.2) is 34.0 Å². The third-order valence-corrected chi connectivity index (χ3v) is 7.33. The maximum absolute atomic E-state index is 13.2. The number of rotatable bonds is 5. The van der Waals surface area contributed by atoms with Gasteiger partial charge in [0.15, 0.2) is 11.4 Å². The summed E-state index contributed by atoms with van der Waals surface area (Å²) in [5.41, 5.74) is 2.83. The molecule has 0 atom stereocenters. The minimum atomic E-state index is -3.74. The van der Waals surface area contributed by atoms with E-state index in [2.05, 4.69) is 10.1 Å². The number of sulfonamides is 1. The van der Waals surface area contributed by atoms with Gasteiger partial charge in [-0.1, -0.05) is 36.3 Å². The third-order valence-electron chi connectivity index (χ3n) is 5.49. The molecule has 0 unspecified atom stereocenters. The Hall–Kier alpha value is -3.24. The van der Waals surface area contributed by atoms with Crippen LogP contribution >= 0.6 is 0 Å². The number of oxazole rings is 1. The molecule has 2 aromatic heterocycles.